The van der Waals surface area contributed by atoms with Gasteiger partial charge >= 0.3 is 0 Å². The van der Waals surface area contributed by atoms with Crippen LogP contribution >= 0.6 is 63.1 Å². The molecule has 0 fully saturated rings. The number of rotatable bonds is 16. The minimum Gasteiger partial charge on any atom is -0.495 e. The van der Waals surface area contributed by atoms with Gasteiger partial charge in [-0.05, 0) is 70.5 Å². The Balaban J connectivity index is 0.000000158. The van der Waals surface area contributed by atoms with Gasteiger partial charge in [-0.1, -0.05) is 180 Å². The number of fused-ring (bicyclic) bond motifs is 1. The van der Waals surface area contributed by atoms with Crippen LogP contribution in [0.1, 0.15) is 22.3 Å². The van der Waals surface area contributed by atoms with Crippen molar-refractivity contribution in [1.82, 2.24) is 78.8 Å². The van der Waals surface area contributed by atoms with Crippen molar-refractivity contribution in [2.24, 2.45) is 50.1 Å². The number of nitrogens with two attached hydrogens (primary N) is 3. The van der Waals surface area contributed by atoms with E-state index in [0.717, 1.165) is 77.4 Å². The highest BCUT2D eigenvalue weighted by Crippen LogP contribution is 2.39. The van der Waals surface area contributed by atoms with E-state index in [9.17, 15) is 0 Å². The number of nitrogen functional groups attached to an aromatic ring is 2. The number of nitrogens with zero attached hydrogens (tertiary/aromatic N) is 19. The van der Waals surface area contributed by atoms with Crippen LogP contribution in [-0.4, -0.2) is 119 Å². The maximum absolute atomic E-state index is 6.61. The smallest absolute Gasteiger partial charge is 0.223 e. The first-order valence-corrected chi connectivity index (χ1v) is 35.0. The molecule has 0 radical (unpaired) electrons. The van der Waals surface area contributed by atoms with Crippen molar-refractivity contribution in [3.8, 4) is 74.2 Å². The summed E-state index contributed by atoms with van der Waals surface area (Å²) in [5.41, 5.74) is 24.0. The van der Waals surface area contributed by atoms with Gasteiger partial charge in [-0.15, -0.1) is 17.5 Å². The third-order valence-corrected chi connectivity index (χ3v) is 17.0. The predicted octanol–water partition coefficient (Wildman–Crippen LogP) is 15.6. The fourth-order valence-electron chi connectivity index (χ4n) is 10.7. The number of hydrazone groups is 2. The molecule has 0 saturated carbocycles. The summed E-state index contributed by atoms with van der Waals surface area (Å²) in [5.74, 6) is 16.2. The van der Waals surface area contributed by atoms with E-state index >= 15 is 0 Å². The van der Waals surface area contributed by atoms with E-state index < -0.39 is 0 Å². The van der Waals surface area contributed by atoms with E-state index in [1.54, 1.807) is 89.4 Å². The molecule has 111 heavy (non-hydrogen) atoms. The number of nitrogens with one attached hydrogen (secondary N) is 2. The lowest BCUT2D eigenvalue weighted by atomic mass is 10.0. The molecule has 28 nitrogen and oxygen atoms in total. The van der Waals surface area contributed by atoms with Gasteiger partial charge in [-0.3, -0.25) is 35.0 Å². The fraction of sp³-hybridized carbons (Fsp3) is 0.103. The van der Waals surface area contributed by atoms with Crippen LogP contribution in [0.2, 0.25) is 15.3 Å². The molecule has 0 unspecified atom stereocenters. The minimum atomic E-state index is 0. The number of hydrazine groups is 1. The number of anilines is 3. The van der Waals surface area contributed by atoms with Crippen molar-refractivity contribution >= 4 is 108 Å². The van der Waals surface area contributed by atoms with E-state index in [-0.39, 0.29) is 12.4 Å². The van der Waals surface area contributed by atoms with Crippen LogP contribution in [-0.2, 0) is 28.2 Å². The molecule has 0 bridgehead atoms. The monoisotopic (exact) mass is 1630 g/mol. The summed E-state index contributed by atoms with van der Waals surface area (Å²) in [4.78, 5) is 27.8. The molecule has 7 heterocycles. The van der Waals surface area contributed by atoms with Crippen LogP contribution in [0.3, 0.4) is 0 Å². The van der Waals surface area contributed by atoms with Crippen LogP contribution < -0.4 is 47.2 Å². The molecule has 15 aromatic rings. The Morgan fingerprint density at radius 1 is 0.468 bits per heavy atom. The average Bonchev–Trinajstić information content (AvgIpc) is 1.63. The Bertz CT molecular complexity index is 5560. The molecule has 8 N–H and O–H groups in total. The number of hydrogen-bond acceptors (Lipinski definition) is 22. The summed E-state index contributed by atoms with van der Waals surface area (Å²) in [6, 6.07) is 65.9. The number of aromatic nitrogens is 16. The zero-order valence-electron chi connectivity index (χ0n) is 60.9. The molecule has 33 heteroatoms. The van der Waals surface area contributed by atoms with E-state index in [2.05, 4.69) is 92.1 Å². The van der Waals surface area contributed by atoms with Gasteiger partial charge in [0.25, 0.3) is 0 Å². The molecule has 0 spiro atoms. The highest BCUT2D eigenvalue weighted by Gasteiger charge is 2.21. The highest BCUT2D eigenvalue weighted by molar-refractivity contribution is 9.10. The largest absolute Gasteiger partial charge is 0.495 e. The van der Waals surface area contributed by atoms with E-state index in [1.165, 1.54) is 12.3 Å². The first kappa shape index (κ1) is 82.0. The van der Waals surface area contributed by atoms with Crippen molar-refractivity contribution < 1.29 is 18.9 Å². The van der Waals surface area contributed by atoms with Gasteiger partial charge in [0.1, 0.15) is 47.1 Å². The molecule has 0 saturated heterocycles. The maximum atomic E-state index is 6.61. The summed E-state index contributed by atoms with van der Waals surface area (Å²) < 4.78 is 31.1. The van der Waals surface area contributed by atoms with Crippen LogP contribution in [0.5, 0.6) is 23.0 Å². The van der Waals surface area contributed by atoms with Crippen LogP contribution in [0.15, 0.2) is 259 Å². The Morgan fingerprint density at radius 2 is 0.856 bits per heavy atom. The normalized spacial score (nSPS) is 10.2. The molecule has 0 amide bonds. The molecule has 0 aliphatic heterocycles. The van der Waals surface area contributed by atoms with Crippen molar-refractivity contribution in [1.29, 1.82) is 0 Å². The van der Waals surface area contributed by atoms with Crippen molar-refractivity contribution in [2.75, 3.05) is 45.0 Å². The summed E-state index contributed by atoms with van der Waals surface area (Å²) in [7, 11) is 13.7. The number of halogens is 5. The summed E-state index contributed by atoms with van der Waals surface area (Å²) in [5, 5.41) is 31.9. The van der Waals surface area contributed by atoms with Gasteiger partial charge in [0.05, 0.1) is 100 Å². The molecular formula is C78H73BrCl4N24O4. The molecule has 8 aromatic carbocycles. The number of aryl methyl sites for hydroxylation is 4. The van der Waals surface area contributed by atoms with Gasteiger partial charge in [0.15, 0.2) is 46.4 Å². The Hall–Kier alpha value is -13.1. The van der Waals surface area contributed by atoms with Gasteiger partial charge in [0.2, 0.25) is 5.69 Å². The van der Waals surface area contributed by atoms with E-state index in [4.69, 9.17) is 82.8 Å². The predicted molar refractivity (Wildman–Crippen MR) is 442 cm³/mol. The molecule has 564 valence electrons. The zero-order chi connectivity index (χ0) is 78.1. The van der Waals surface area contributed by atoms with E-state index in [0.29, 0.717) is 84.1 Å². The summed E-state index contributed by atoms with van der Waals surface area (Å²) in [6.07, 6.45) is 9.54. The highest BCUT2D eigenvalue weighted by atomic mass is 79.9. The molecule has 0 atom stereocenters. The summed E-state index contributed by atoms with van der Waals surface area (Å²) >= 11 is 20.5. The number of benzene rings is 8. The van der Waals surface area contributed by atoms with E-state index in [1.807, 2.05) is 222 Å². The van der Waals surface area contributed by atoms with Crippen molar-refractivity contribution in [3.05, 3.63) is 297 Å². The topological polar surface area (TPSA) is 335 Å². The minimum absolute atomic E-state index is 0. The maximum Gasteiger partial charge on any atom is 0.223 e. The van der Waals surface area contributed by atoms with Gasteiger partial charge in [0, 0.05) is 68.9 Å². The van der Waals surface area contributed by atoms with Crippen LogP contribution in [0.25, 0.3) is 67.0 Å². The van der Waals surface area contributed by atoms with Crippen LogP contribution in [0.4, 0.5) is 22.9 Å². The van der Waals surface area contributed by atoms with Crippen molar-refractivity contribution in [3.63, 3.8) is 0 Å². The number of methoxy groups -OCH3 is 4. The summed E-state index contributed by atoms with van der Waals surface area (Å²) in [6.45, 7) is 6.61. The average molecular weight is 1630 g/mol. The second kappa shape index (κ2) is 40.2. The Kier molecular flexibility index (Phi) is 29.7. The molecular weight excluding hydrogens is 1560 g/mol. The molecule has 15 rings (SSSR count). The standard InChI is InChI=1S/C23H21N5O.C16H14ClN7O.C13H12N2.C10H10BrN3O.C10H13N5O.C6H2Cl2N2.ClH/c1-28-16-24-23(27-28)19-14-9-15-20(22(19)29-2)25-26-21(17-10-5-3-6-11-17)18-12-7-4-8-13-18;1-23-8-20-16(22-23)9-4-3-5-11(14(9)25-2)24-12-6-13(17)19-7-10(12)15(18)21-24;14-15-13(11-7-3-1-4-8-11)12-9-5-2-6-10-12;1-14-6-12-10(13-14)7-4-3-5-8(11)9(7)15-2;1-15-6-12-10(14-15)7-4-3-5-8(13-11)9(7)16-2;1-9-5-3-10-6(8)2-4(5)7;/h3-16,25H,1-2H3;3-8H,1-2H3,(H2,18,21);1-10H,14H2;3-6H,1-2H3;3-6,13H,11H2,1-2H3;2-3H;1H. The number of pyridine rings is 2. The second-order valence-electron chi connectivity index (χ2n) is 23.0. The third kappa shape index (κ3) is 21.0. The first-order chi connectivity index (χ1) is 53.5. The lowest BCUT2D eigenvalue weighted by Crippen LogP contribution is -2.08. The second-order valence-corrected chi connectivity index (χ2v) is 25.0. The first-order valence-electron chi connectivity index (χ1n) is 33.0. The number of hydrogen-bond donors (Lipinski definition) is 5. The Labute approximate surface area is 668 Å². The van der Waals surface area contributed by atoms with Gasteiger partial charge in [-0.2, -0.15) is 30.6 Å². The number of ether oxygens (including phenoxy) is 4. The van der Waals surface area contributed by atoms with Gasteiger partial charge in [-0.25, -0.2) is 34.4 Å². The Morgan fingerprint density at radius 3 is 1.26 bits per heavy atom. The molecule has 7 aromatic heterocycles. The lowest BCUT2D eigenvalue weighted by Gasteiger charge is -2.13. The van der Waals surface area contributed by atoms with Crippen LogP contribution in [0, 0.1) is 6.57 Å². The quantitative estimate of drug-likeness (QED) is 0.0197. The fourth-order valence-corrected chi connectivity index (χ4v) is 11.8. The lowest BCUT2D eigenvalue weighted by molar-refractivity contribution is 0.413. The SMILES string of the molecule is COc1c(-c2ncn(C)n2)cccc1-n1nc(N)c2cnc(Cl)cc21.COc1c(Br)cccc1-c1ncn(C)n1.COc1c(NN)cccc1-c1ncn(C)n1.COc1c(NN=C(c2ccccc2)c2ccccc2)cccc1-c1ncn(C)n1.Cl.NN=C(c1ccccc1)c1ccccc1.[C-]#[N+]c1cnc(Cl)cc1Cl. The molecule has 0 aliphatic carbocycles. The number of para-hydroxylation sites is 4. The zero-order valence-corrected chi connectivity index (χ0v) is 65.5. The third-order valence-electron chi connectivity index (χ3n) is 15.6. The van der Waals surface area contributed by atoms with Crippen molar-refractivity contribution in [2.45, 2.75) is 0 Å². The molecule has 0 aliphatic rings. The van der Waals surface area contributed by atoms with Gasteiger partial charge < -0.3 is 35.9 Å².